The molecular weight excluding hydrogens is 278 g/mol. The molecule has 22 heavy (non-hydrogen) atoms. The third-order valence-electron chi connectivity index (χ3n) is 5.20. The summed E-state index contributed by atoms with van der Waals surface area (Å²) in [6.45, 7) is 0. The molecule has 4 rings (SSSR count). The zero-order valence-corrected chi connectivity index (χ0v) is 13.1. The van der Waals surface area contributed by atoms with Gasteiger partial charge >= 0.3 is 0 Å². The highest BCUT2D eigenvalue weighted by Crippen LogP contribution is 2.43. The molecule has 0 aromatic heterocycles. The van der Waals surface area contributed by atoms with E-state index in [1.54, 1.807) is 7.11 Å². The van der Waals surface area contributed by atoms with Crippen LogP contribution in [0.25, 0.3) is 0 Å². The molecule has 0 saturated heterocycles. The van der Waals surface area contributed by atoms with Gasteiger partial charge in [0, 0.05) is 12.0 Å². The zero-order chi connectivity index (χ0) is 15.0. The van der Waals surface area contributed by atoms with E-state index in [0.717, 1.165) is 54.9 Å². The van der Waals surface area contributed by atoms with Gasteiger partial charge in [0.05, 0.1) is 18.9 Å². The summed E-state index contributed by atoms with van der Waals surface area (Å²) in [6.07, 6.45) is 9.54. The molecule has 0 unspecified atom stereocenters. The molecule has 1 spiro atoms. The van der Waals surface area contributed by atoms with Gasteiger partial charge in [-0.05, 0) is 63.1 Å². The van der Waals surface area contributed by atoms with Gasteiger partial charge in [-0.2, -0.15) is 0 Å². The third kappa shape index (κ3) is 2.44. The minimum atomic E-state index is 0.00172. The van der Waals surface area contributed by atoms with E-state index in [0.29, 0.717) is 6.10 Å². The van der Waals surface area contributed by atoms with Crippen LogP contribution in [-0.4, -0.2) is 24.5 Å². The Morgan fingerprint density at radius 3 is 2.59 bits per heavy atom. The summed E-state index contributed by atoms with van der Waals surface area (Å²) in [4.78, 5) is 5.69. The van der Waals surface area contributed by atoms with E-state index in [1.807, 2.05) is 6.07 Å². The van der Waals surface area contributed by atoms with E-state index in [1.165, 1.54) is 19.3 Å². The molecule has 118 valence electrons. The number of methoxy groups -OCH3 is 1. The minimum Gasteiger partial charge on any atom is -0.493 e. The predicted octanol–water partition coefficient (Wildman–Crippen LogP) is 4.06. The lowest BCUT2D eigenvalue weighted by atomic mass is 9.76. The highest BCUT2D eigenvalue weighted by atomic mass is 16.7. The number of hydrogen-bond donors (Lipinski definition) is 0. The number of nitrogens with zero attached hydrogens (tertiary/aromatic N) is 1. The second-order valence-electron chi connectivity index (χ2n) is 6.73. The Morgan fingerprint density at radius 1 is 1.14 bits per heavy atom. The molecule has 2 aliphatic carbocycles. The molecule has 0 N–H and O–H groups in total. The molecule has 4 nitrogen and oxygen atoms in total. The second-order valence-corrected chi connectivity index (χ2v) is 6.73. The van der Waals surface area contributed by atoms with Gasteiger partial charge in [0.1, 0.15) is 5.60 Å². The molecular formula is C18H23NO3. The van der Waals surface area contributed by atoms with Crippen molar-refractivity contribution in [2.24, 2.45) is 5.16 Å². The standard InChI is InChI=1S/C18H23NO3/c1-20-16-8-7-13(11-17(16)21-14-5-2-3-6-14)15-12-18(22-19-15)9-4-10-18/h7-8,11,14H,2-6,9-10,12H2,1H3. The summed E-state index contributed by atoms with van der Waals surface area (Å²) in [5, 5.41) is 4.33. The Hall–Kier alpha value is -1.71. The molecule has 4 heteroatoms. The fourth-order valence-electron chi connectivity index (χ4n) is 3.65. The fourth-order valence-corrected chi connectivity index (χ4v) is 3.65. The van der Waals surface area contributed by atoms with E-state index in [-0.39, 0.29) is 5.60 Å². The van der Waals surface area contributed by atoms with Crippen LogP contribution >= 0.6 is 0 Å². The molecule has 0 amide bonds. The number of ether oxygens (including phenoxy) is 2. The summed E-state index contributed by atoms with van der Waals surface area (Å²) in [6, 6.07) is 6.10. The Balaban J connectivity index is 1.55. The maximum atomic E-state index is 6.17. The van der Waals surface area contributed by atoms with Crippen molar-refractivity contribution in [1.29, 1.82) is 0 Å². The molecule has 3 aliphatic rings. The summed E-state index contributed by atoms with van der Waals surface area (Å²) in [7, 11) is 1.69. The van der Waals surface area contributed by atoms with Gasteiger partial charge in [0.2, 0.25) is 0 Å². The van der Waals surface area contributed by atoms with E-state index in [4.69, 9.17) is 14.3 Å². The van der Waals surface area contributed by atoms with Gasteiger partial charge in [-0.15, -0.1) is 0 Å². The van der Waals surface area contributed by atoms with Crippen LogP contribution in [0.4, 0.5) is 0 Å². The molecule has 2 fully saturated rings. The smallest absolute Gasteiger partial charge is 0.162 e. The van der Waals surface area contributed by atoms with Crippen LogP contribution in [0.15, 0.2) is 23.4 Å². The molecule has 1 aromatic rings. The van der Waals surface area contributed by atoms with Crippen molar-refractivity contribution >= 4 is 5.71 Å². The average molecular weight is 301 g/mol. The predicted molar refractivity (Wildman–Crippen MR) is 84.7 cm³/mol. The molecule has 2 saturated carbocycles. The Kier molecular flexibility index (Phi) is 3.47. The highest BCUT2D eigenvalue weighted by molar-refractivity contribution is 6.02. The number of benzene rings is 1. The number of oxime groups is 1. The van der Waals surface area contributed by atoms with Gasteiger partial charge < -0.3 is 14.3 Å². The van der Waals surface area contributed by atoms with Crippen molar-refractivity contribution in [2.45, 2.75) is 63.1 Å². The van der Waals surface area contributed by atoms with Gasteiger partial charge in [-0.1, -0.05) is 5.16 Å². The van der Waals surface area contributed by atoms with Gasteiger partial charge in [-0.3, -0.25) is 0 Å². The van der Waals surface area contributed by atoms with Crippen LogP contribution in [0.5, 0.6) is 11.5 Å². The number of rotatable bonds is 4. The van der Waals surface area contributed by atoms with Crippen LogP contribution in [0, 0.1) is 0 Å². The lowest BCUT2D eigenvalue weighted by molar-refractivity contribution is -0.0755. The summed E-state index contributed by atoms with van der Waals surface area (Å²) < 4.78 is 11.6. The van der Waals surface area contributed by atoms with E-state index in [2.05, 4.69) is 17.3 Å². The topological polar surface area (TPSA) is 40.0 Å². The summed E-state index contributed by atoms with van der Waals surface area (Å²) in [5.41, 5.74) is 2.14. The Labute approximate surface area is 131 Å². The van der Waals surface area contributed by atoms with Crippen molar-refractivity contribution in [3.63, 3.8) is 0 Å². The zero-order valence-electron chi connectivity index (χ0n) is 13.1. The molecule has 0 bridgehead atoms. The average Bonchev–Trinajstić information content (AvgIpc) is 3.16. The lowest BCUT2D eigenvalue weighted by Crippen LogP contribution is -2.36. The summed E-state index contributed by atoms with van der Waals surface area (Å²) in [5.74, 6) is 1.64. The minimum absolute atomic E-state index is 0.00172. The van der Waals surface area contributed by atoms with Crippen molar-refractivity contribution in [3.8, 4) is 11.5 Å². The molecule has 1 heterocycles. The van der Waals surface area contributed by atoms with Crippen LogP contribution < -0.4 is 9.47 Å². The van der Waals surface area contributed by atoms with Gasteiger partial charge in [-0.25, -0.2) is 0 Å². The number of hydrogen-bond acceptors (Lipinski definition) is 4. The van der Waals surface area contributed by atoms with Crippen LogP contribution in [0.1, 0.15) is 56.9 Å². The first-order valence-electron chi connectivity index (χ1n) is 8.38. The fraction of sp³-hybridized carbons (Fsp3) is 0.611. The van der Waals surface area contributed by atoms with Crippen molar-refractivity contribution < 1.29 is 14.3 Å². The van der Waals surface area contributed by atoms with E-state index in [9.17, 15) is 0 Å². The highest BCUT2D eigenvalue weighted by Gasteiger charge is 2.44. The maximum absolute atomic E-state index is 6.17. The first kappa shape index (κ1) is 13.9. The lowest BCUT2D eigenvalue weighted by Gasteiger charge is -2.34. The van der Waals surface area contributed by atoms with Gasteiger partial charge in [0.25, 0.3) is 0 Å². The molecule has 1 aliphatic heterocycles. The normalized spacial score (nSPS) is 23.0. The summed E-state index contributed by atoms with van der Waals surface area (Å²) >= 11 is 0. The Bertz CT molecular complexity index is 586. The molecule has 0 atom stereocenters. The first-order valence-corrected chi connectivity index (χ1v) is 8.38. The van der Waals surface area contributed by atoms with Crippen molar-refractivity contribution in [2.75, 3.05) is 7.11 Å². The van der Waals surface area contributed by atoms with Crippen LogP contribution in [0.3, 0.4) is 0 Å². The molecule has 0 radical (unpaired) electrons. The molecule has 1 aromatic carbocycles. The van der Waals surface area contributed by atoms with Crippen LogP contribution in [0.2, 0.25) is 0 Å². The van der Waals surface area contributed by atoms with Crippen molar-refractivity contribution in [3.05, 3.63) is 23.8 Å². The SMILES string of the molecule is COc1ccc(C2=NOC3(CCC3)C2)cc1OC1CCCC1. The van der Waals surface area contributed by atoms with Gasteiger partial charge in [0.15, 0.2) is 11.5 Å². The quantitative estimate of drug-likeness (QED) is 0.842. The van der Waals surface area contributed by atoms with E-state index < -0.39 is 0 Å². The Morgan fingerprint density at radius 2 is 1.95 bits per heavy atom. The third-order valence-corrected chi connectivity index (χ3v) is 5.20. The van der Waals surface area contributed by atoms with Crippen molar-refractivity contribution in [1.82, 2.24) is 0 Å². The monoisotopic (exact) mass is 301 g/mol. The second kappa shape index (κ2) is 5.49. The maximum Gasteiger partial charge on any atom is 0.162 e. The first-order chi connectivity index (χ1) is 10.8. The largest absolute Gasteiger partial charge is 0.493 e. The van der Waals surface area contributed by atoms with E-state index >= 15 is 0 Å². The van der Waals surface area contributed by atoms with Crippen LogP contribution in [-0.2, 0) is 4.84 Å².